The molecule has 3 heteroatoms. The van der Waals surface area contributed by atoms with Gasteiger partial charge in [-0.3, -0.25) is 0 Å². The number of rotatable bonds is 1. The number of nitrogens with one attached hydrogen (secondary N) is 1. The molecule has 2 nitrogen and oxygen atoms in total. The lowest BCUT2D eigenvalue weighted by Crippen LogP contribution is -1.85. The van der Waals surface area contributed by atoms with Crippen molar-refractivity contribution in [3.05, 3.63) is 66.1 Å². The molecule has 0 atom stereocenters. The molecule has 0 radical (unpaired) electrons. The number of aromatic nitrogens is 2. The van der Waals surface area contributed by atoms with Crippen molar-refractivity contribution in [1.29, 1.82) is 0 Å². The molecular weight excluding hydrogens is 263 g/mol. The molecule has 0 fully saturated rings. The van der Waals surface area contributed by atoms with Gasteiger partial charge in [0.2, 0.25) is 0 Å². The van der Waals surface area contributed by atoms with E-state index < -0.39 is 0 Å². The molecule has 0 saturated heterocycles. The monoisotopic (exact) mass is 276 g/mol. The van der Waals surface area contributed by atoms with Crippen LogP contribution in [0.15, 0.2) is 54.7 Å². The molecule has 0 aliphatic rings. The van der Waals surface area contributed by atoms with Gasteiger partial charge in [0.1, 0.15) is 5.82 Å². The maximum atomic E-state index is 13.3. The van der Waals surface area contributed by atoms with Gasteiger partial charge in [0.15, 0.2) is 0 Å². The van der Waals surface area contributed by atoms with Gasteiger partial charge in [-0.25, -0.2) is 9.37 Å². The van der Waals surface area contributed by atoms with E-state index in [4.69, 9.17) is 4.98 Å². The first-order valence-corrected chi connectivity index (χ1v) is 6.85. The zero-order valence-corrected chi connectivity index (χ0v) is 11.5. The first kappa shape index (κ1) is 12.1. The number of aryl methyl sites for hydroxylation is 1. The van der Waals surface area contributed by atoms with Crippen LogP contribution >= 0.6 is 0 Å². The molecule has 0 spiro atoms. The van der Waals surface area contributed by atoms with Gasteiger partial charge in [0, 0.05) is 28.0 Å². The normalized spacial score (nSPS) is 11.3. The summed E-state index contributed by atoms with van der Waals surface area (Å²) < 4.78 is 13.3. The Bertz CT molecular complexity index is 969. The van der Waals surface area contributed by atoms with Crippen LogP contribution in [0.1, 0.15) is 5.56 Å². The Kier molecular flexibility index (Phi) is 2.54. The molecule has 0 bridgehead atoms. The third-order valence-electron chi connectivity index (χ3n) is 3.76. The van der Waals surface area contributed by atoms with Crippen molar-refractivity contribution >= 4 is 21.8 Å². The minimum absolute atomic E-state index is 0.238. The molecule has 2 aromatic carbocycles. The maximum absolute atomic E-state index is 13.3. The van der Waals surface area contributed by atoms with Crippen LogP contribution in [0, 0.1) is 12.7 Å². The van der Waals surface area contributed by atoms with Crippen molar-refractivity contribution in [3.8, 4) is 11.3 Å². The Labute approximate surface area is 121 Å². The fourth-order valence-corrected chi connectivity index (χ4v) is 2.71. The average Bonchev–Trinajstić information content (AvgIpc) is 2.89. The smallest absolute Gasteiger partial charge is 0.125 e. The summed E-state index contributed by atoms with van der Waals surface area (Å²) in [5.74, 6) is -0.238. The lowest BCUT2D eigenvalue weighted by atomic mass is 10.1. The van der Waals surface area contributed by atoms with Crippen LogP contribution in [-0.2, 0) is 0 Å². The van der Waals surface area contributed by atoms with Gasteiger partial charge in [0.05, 0.1) is 11.2 Å². The predicted molar refractivity (Wildman–Crippen MR) is 83.7 cm³/mol. The third kappa shape index (κ3) is 1.98. The van der Waals surface area contributed by atoms with E-state index in [1.54, 1.807) is 6.07 Å². The van der Waals surface area contributed by atoms with Gasteiger partial charge < -0.3 is 4.98 Å². The van der Waals surface area contributed by atoms with Crippen molar-refractivity contribution in [2.75, 3.05) is 0 Å². The molecule has 4 rings (SSSR count). The van der Waals surface area contributed by atoms with Crippen LogP contribution in [0.3, 0.4) is 0 Å². The molecule has 0 amide bonds. The third-order valence-corrected chi connectivity index (χ3v) is 3.76. The summed E-state index contributed by atoms with van der Waals surface area (Å²) in [5.41, 5.74) is 4.86. The second-order valence-electron chi connectivity index (χ2n) is 5.28. The van der Waals surface area contributed by atoms with Crippen LogP contribution in [-0.4, -0.2) is 9.97 Å². The van der Waals surface area contributed by atoms with Gasteiger partial charge in [-0.2, -0.15) is 0 Å². The number of hydrogen-bond donors (Lipinski definition) is 1. The molecule has 0 aliphatic heterocycles. The van der Waals surface area contributed by atoms with Gasteiger partial charge in [-0.15, -0.1) is 0 Å². The molecule has 1 N–H and O–H groups in total. The van der Waals surface area contributed by atoms with E-state index in [1.807, 2.05) is 18.3 Å². The minimum Gasteiger partial charge on any atom is -0.360 e. The Morgan fingerprint density at radius 3 is 2.81 bits per heavy atom. The topological polar surface area (TPSA) is 28.7 Å². The molecule has 102 valence electrons. The molecule has 0 saturated carbocycles. The molecule has 0 aliphatic carbocycles. The van der Waals surface area contributed by atoms with E-state index in [9.17, 15) is 4.39 Å². The largest absolute Gasteiger partial charge is 0.360 e. The Balaban J connectivity index is 1.93. The van der Waals surface area contributed by atoms with Crippen LogP contribution < -0.4 is 0 Å². The molecule has 0 unspecified atom stereocenters. The first-order valence-electron chi connectivity index (χ1n) is 6.85. The Hall–Kier alpha value is -2.68. The van der Waals surface area contributed by atoms with Crippen LogP contribution in [0.5, 0.6) is 0 Å². The van der Waals surface area contributed by atoms with E-state index >= 15 is 0 Å². The predicted octanol–water partition coefficient (Wildman–Crippen LogP) is 4.83. The summed E-state index contributed by atoms with van der Waals surface area (Å²) in [6.45, 7) is 2.07. The molecular formula is C18H13FN2. The second-order valence-corrected chi connectivity index (χ2v) is 5.28. The summed E-state index contributed by atoms with van der Waals surface area (Å²) in [6.07, 6.45) is 1.88. The zero-order valence-electron chi connectivity index (χ0n) is 11.5. The van der Waals surface area contributed by atoms with Crippen molar-refractivity contribution < 1.29 is 4.39 Å². The highest BCUT2D eigenvalue weighted by Crippen LogP contribution is 2.29. The summed E-state index contributed by atoms with van der Waals surface area (Å²) in [6, 6.07) is 15.1. The summed E-state index contributed by atoms with van der Waals surface area (Å²) >= 11 is 0. The average molecular weight is 276 g/mol. The quantitative estimate of drug-likeness (QED) is 0.530. The Morgan fingerprint density at radius 2 is 1.90 bits per heavy atom. The van der Waals surface area contributed by atoms with Crippen molar-refractivity contribution in [2.24, 2.45) is 0 Å². The highest BCUT2D eigenvalue weighted by molar-refractivity contribution is 5.95. The van der Waals surface area contributed by atoms with E-state index in [2.05, 4.69) is 30.1 Å². The number of halogens is 1. The van der Waals surface area contributed by atoms with E-state index in [0.29, 0.717) is 0 Å². The number of hydrogen-bond acceptors (Lipinski definition) is 1. The minimum atomic E-state index is -0.238. The number of benzene rings is 2. The maximum Gasteiger partial charge on any atom is 0.125 e. The highest BCUT2D eigenvalue weighted by atomic mass is 19.1. The van der Waals surface area contributed by atoms with Gasteiger partial charge in [-0.05, 0) is 43.3 Å². The van der Waals surface area contributed by atoms with Crippen LogP contribution in [0.25, 0.3) is 33.1 Å². The number of aromatic amines is 1. The van der Waals surface area contributed by atoms with E-state index in [-0.39, 0.29) is 5.82 Å². The fourth-order valence-electron chi connectivity index (χ4n) is 2.71. The van der Waals surface area contributed by atoms with Crippen LogP contribution in [0.4, 0.5) is 4.39 Å². The van der Waals surface area contributed by atoms with Crippen molar-refractivity contribution in [2.45, 2.75) is 6.92 Å². The first-order chi connectivity index (χ1) is 10.2. The SMILES string of the molecule is Cc1ccc2nc(-c3c[nH]c4cc(F)ccc34)ccc2c1. The zero-order chi connectivity index (χ0) is 14.4. The molecule has 4 aromatic rings. The van der Waals surface area contributed by atoms with Crippen LogP contribution in [0.2, 0.25) is 0 Å². The Morgan fingerprint density at radius 1 is 1.00 bits per heavy atom. The van der Waals surface area contributed by atoms with Gasteiger partial charge >= 0.3 is 0 Å². The molecule has 2 aromatic heterocycles. The fraction of sp³-hybridized carbons (Fsp3) is 0.0556. The second kappa shape index (κ2) is 4.42. The summed E-state index contributed by atoms with van der Waals surface area (Å²) in [5, 5.41) is 2.11. The highest BCUT2D eigenvalue weighted by Gasteiger charge is 2.08. The number of nitrogens with zero attached hydrogens (tertiary/aromatic N) is 1. The van der Waals surface area contributed by atoms with E-state index in [0.717, 1.165) is 33.1 Å². The lowest BCUT2D eigenvalue weighted by Gasteiger charge is -2.03. The standard InChI is InChI=1S/C18H13FN2/c1-11-2-6-16-12(8-11)3-7-17(21-16)15-10-20-18-9-13(19)4-5-14(15)18/h2-10,20H,1H3. The lowest BCUT2D eigenvalue weighted by molar-refractivity contribution is 0.629. The molecule has 2 heterocycles. The van der Waals surface area contributed by atoms with Gasteiger partial charge in [0.25, 0.3) is 0 Å². The number of fused-ring (bicyclic) bond motifs is 2. The van der Waals surface area contributed by atoms with Gasteiger partial charge in [-0.1, -0.05) is 17.7 Å². The van der Waals surface area contributed by atoms with E-state index in [1.165, 1.54) is 17.7 Å². The number of H-pyrrole nitrogens is 1. The van der Waals surface area contributed by atoms with Crippen molar-refractivity contribution in [3.63, 3.8) is 0 Å². The van der Waals surface area contributed by atoms with Crippen molar-refractivity contribution in [1.82, 2.24) is 9.97 Å². The summed E-state index contributed by atoms with van der Waals surface area (Å²) in [4.78, 5) is 7.82. The number of pyridine rings is 1. The summed E-state index contributed by atoms with van der Waals surface area (Å²) in [7, 11) is 0. The molecule has 21 heavy (non-hydrogen) atoms.